The van der Waals surface area contributed by atoms with Crippen LogP contribution in [0.2, 0.25) is 0 Å². The van der Waals surface area contributed by atoms with Crippen molar-refractivity contribution in [2.75, 3.05) is 0 Å². The maximum absolute atomic E-state index is 12.2. The number of fused-ring (bicyclic) bond motifs is 13. The zero-order valence-electron chi connectivity index (χ0n) is 16.1. The smallest absolute Gasteiger partial charge is 0.341 e. The number of aliphatic imine (C=N–C) groups is 1. The average Bonchev–Trinajstić information content (AvgIpc) is 3.51. The molecule has 5 heterocycles. The molecule has 0 unspecified atom stereocenters. The van der Waals surface area contributed by atoms with E-state index in [9.17, 15) is 9.90 Å². The number of aromatic nitrogens is 2. The fraction of sp³-hybridized carbons (Fsp3) is 0.0400. The molecule has 4 aromatic heterocycles. The molecular formula is C25H13N3O3. The minimum Gasteiger partial charge on any atom is -0.477 e. The normalized spacial score (nSPS) is 13.8. The number of carbonyl (C=O) groups is 1. The van der Waals surface area contributed by atoms with Gasteiger partial charge < -0.3 is 9.52 Å². The second-order valence-corrected chi connectivity index (χ2v) is 8.12. The number of aromatic carboxylic acids is 1. The molecule has 0 spiro atoms. The summed E-state index contributed by atoms with van der Waals surface area (Å²) in [6.45, 7) is 0.637. The van der Waals surface area contributed by atoms with Gasteiger partial charge in [0.05, 0.1) is 28.6 Å². The van der Waals surface area contributed by atoms with Gasteiger partial charge in [0, 0.05) is 39.4 Å². The van der Waals surface area contributed by atoms with Gasteiger partial charge in [0.2, 0.25) is 11.4 Å². The molecule has 146 valence electrons. The van der Waals surface area contributed by atoms with Crippen LogP contribution in [0.15, 0.2) is 64.0 Å². The third kappa shape index (κ3) is 1.57. The van der Waals surface area contributed by atoms with Crippen molar-refractivity contribution in [1.82, 2.24) is 8.80 Å². The van der Waals surface area contributed by atoms with Crippen molar-refractivity contribution in [3.63, 3.8) is 0 Å². The van der Waals surface area contributed by atoms with Gasteiger partial charge in [0.15, 0.2) is 0 Å². The van der Waals surface area contributed by atoms with Crippen LogP contribution in [0.25, 0.3) is 55.0 Å². The molecule has 0 atom stereocenters. The second kappa shape index (κ2) is 4.87. The Bertz CT molecular complexity index is 1950. The minimum absolute atomic E-state index is 0.156. The van der Waals surface area contributed by atoms with Crippen molar-refractivity contribution in [3.8, 4) is 0 Å². The SMILES string of the molecule is O=C(O)c1cc2oc1n1c3ccccc3c3c4c(c5c6ccccc6n2c5c31)CN=C4. The average molecular weight is 403 g/mol. The van der Waals surface area contributed by atoms with E-state index < -0.39 is 5.97 Å². The molecule has 7 aromatic rings. The van der Waals surface area contributed by atoms with Gasteiger partial charge in [-0.2, -0.15) is 0 Å². The third-order valence-corrected chi connectivity index (χ3v) is 6.69. The van der Waals surface area contributed by atoms with Crippen molar-refractivity contribution < 1.29 is 14.3 Å². The number of nitrogens with zero attached hydrogens (tertiary/aromatic N) is 3. The minimum atomic E-state index is -1.00. The summed E-state index contributed by atoms with van der Waals surface area (Å²) in [5.41, 5.74) is 7.28. The first-order chi connectivity index (χ1) is 15.2. The number of hydrogen-bond donors (Lipinski definition) is 1. The highest BCUT2D eigenvalue weighted by Gasteiger charge is 2.29. The number of benzene rings is 3. The highest BCUT2D eigenvalue weighted by molar-refractivity contribution is 6.29. The summed E-state index contributed by atoms with van der Waals surface area (Å²) >= 11 is 0. The molecule has 0 fully saturated rings. The Morgan fingerprint density at radius 1 is 0.935 bits per heavy atom. The first-order valence-corrected chi connectivity index (χ1v) is 10.1. The zero-order valence-corrected chi connectivity index (χ0v) is 16.1. The fourth-order valence-electron chi connectivity index (χ4n) is 5.56. The van der Waals surface area contributed by atoms with Crippen molar-refractivity contribution in [2.45, 2.75) is 6.54 Å². The molecule has 3 aromatic carbocycles. The van der Waals surface area contributed by atoms with E-state index in [1.807, 2.05) is 40.9 Å². The molecule has 31 heavy (non-hydrogen) atoms. The number of para-hydroxylation sites is 2. The van der Waals surface area contributed by atoms with Gasteiger partial charge in [-0.3, -0.25) is 13.8 Å². The van der Waals surface area contributed by atoms with E-state index in [0.29, 0.717) is 18.0 Å². The van der Waals surface area contributed by atoms with E-state index >= 15 is 0 Å². The molecular weight excluding hydrogens is 390 g/mol. The summed E-state index contributed by atoms with van der Waals surface area (Å²) in [6.07, 6.45) is 1.96. The van der Waals surface area contributed by atoms with Crippen molar-refractivity contribution in [2.24, 2.45) is 4.99 Å². The predicted octanol–water partition coefficient (Wildman–Crippen LogP) is 5.47. The van der Waals surface area contributed by atoms with Crippen molar-refractivity contribution in [1.29, 1.82) is 0 Å². The number of carboxylic acid groups (broad SMARTS) is 1. The summed E-state index contributed by atoms with van der Waals surface area (Å²) in [5.74, 6) is -1.00. The summed E-state index contributed by atoms with van der Waals surface area (Å²) < 4.78 is 10.3. The van der Waals surface area contributed by atoms with Gasteiger partial charge in [-0.25, -0.2) is 4.79 Å². The monoisotopic (exact) mass is 403 g/mol. The molecule has 0 amide bonds. The van der Waals surface area contributed by atoms with Crippen LogP contribution in [0, 0.1) is 0 Å². The summed E-state index contributed by atoms with van der Waals surface area (Å²) in [6, 6.07) is 18.0. The van der Waals surface area contributed by atoms with E-state index in [2.05, 4.69) is 27.6 Å². The van der Waals surface area contributed by atoms with Crippen molar-refractivity contribution in [3.05, 3.63) is 71.3 Å². The second-order valence-electron chi connectivity index (χ2n) is 8.12. The molecule has 1 aliphatic heterocycles. The highest BCUT2D eigenvalue weighted by Crippen LogP contribution is 2.45. The number of rotatable bonds is 1. The molecule has 1 N–H and O–H groups in total. The number of carboxylic acids is 1. The van der Waals surface area contributed by atoms with E-state index in [0.717, 1.165) is 49.2 Å². The Morgan fingerprint density at radius 2 is 1.61 bits per heavy atom. The van der Waals surface area contributed by atoms with Crippen LogP contribution < -0.4 is 0 Å². The van der Waals surface area contributed by atoms with Gasteiger partial charge in [-0.05, 0) is 17.7 Å². The zero-order chi connectivity index (χ0) is 20.4. The van der Waals surface area contributed by atoms with Crippen LogP contribution in [0.4, 0.5) is 0 Å². The molecule has 0 saturated carbocycles. The van der Waals surface area contributed by atoms with Gasteiger partial charge in [0.25, 0.3) is 0 Å². The molecule has 2 bridgehead atoms. The standard InChI is InChI=1S/C25H13N3O3/c29-25(30)14-9-19-27-17-7-3-1-5-12(17)20-15-10-26-11-16(15)21-13-6-2-4-8-18(13)28(24(14)31-19)23(21)22(20)27/h1-9,11H,10H2,(H,29,30). The van der Waals surface area contributed by atoms with Gasteiger partial charge in [0.1, 0.15) is 5.56 Å². The lowest BCUT2D eigenvalue weighted by molar-refractivity contribution is 0.0698. The molecule has 0 radical (unpaired) electrons. The lowest BCUT2D eigenvalue weighted by Gasteiger charge is -2.06. The molecule has 0 aliphatic carbocycles. The summed E-state index contributed by atoms with van der Waals surface area (Å²) in [7, 11) is 0. The van der Waals surface area contributed by atoms with E-state index in [-0.39, 0.29) is 5.56 Å². The van der Waals surface area contributed by atoms with Crippen LogP contribution >= 0.6 is 0 Å². The highest BCUT2D eigenvalue weighted by atomic mass is 16.4. The van der Waals surface area contributed by atoms with Gasteiger partial charge in [-0.15, -0.1) is 0 Å². The predicted molar refractivity (Wildman–Crippen MR) is 120 cm³/mol. The van der Waals surface area contributed by atoms with Crippen LogP contribution in [0.3, 0.4) is 0 Å². The Balaban J connectivity index is 1.90. The summed E-state index contributed by atoms with van der Waals surface area (Å²) in [4.78, 5) is 16.8. The van der Waals surface area contributed by atoms with Crippen LogP contribution in [-0.2, 0) is 6.54 Å². The lowest BCUT2D eigenvalue weighted by Crippen LogP contribution is -1.98. The first-order valence-electron chi connectivity index (χ1n) is 10.1. The first kappa shape index (κ1) is 15.5. The van der Waals surface area contributed by atoms with Crippen LogP contribution in [-0.4, -0.2) is 26.1 Å². The largest absolute Gasteiger partial charge is 0.477 e. The van der Waals surface area contributed by atoms with Crippen LogP contribution in [0.1, 0.15) is 21.5 Å². The van der Waals surface area contributed by atoms with E-state index in [1.165, 1.54) is 5.56 Å². The quantitative estimate of drug-likeness (QED) is 0.395. The van der Waals surface area contributed by atoms with Gasteiger partial charge in [-0.1, -0.05) is 36.4 Å². The summed E-state index contributed by atoms with van der Waals surface area (Å²) in [5, 5.41) is 14.4. The third-order valence-electron chi connectivity index (χ3n) is 6.69. The molecule has 6 heteroatoms. The fourth-order valence-corrected chi connectivity index (χ4v) is 5.56. The molecule has 8 rings (SSSR count). The van der Waals surface area contributed by atoms with E-state index in [1.54, 1.807) is 6.07 Å². The van der Waals surface area contributed by atoms with Crippen LogP contribution in [0.5, 0.6) is 0 Å². The Morgan fingerprint density at radius 3 is 2.39 bits per heavy atom. The Kier molecular flexibility index (Phi) is 2.44. The van der Waals surface area contributed by atoms with Gasteiger partial charge >= 0.3 is 5.97 Å². The maximum Gasteiger partial charge on any atom is 0.341 e. The van der Waals surface area contributed by atoms with Crippen molar-refractivity contribution >= 4 is 67.2 Å². The number of furan rings is 1. The Labute approximate surface area is 173 Å². The molecule has 1 aliphatic rings. The molecule has 6 nitrogen and oxygen atoms in total. The lowest BCUT2D eigenvalue weighted by atomic mass is 9.97. The number of hydrogen-bond acceptors (Lipinski definition) is 3. The Hall–Kier alpha value is -4.32. The maximum atomic E-state index is 12.2. The topological polar surface area (TPSA) is 71.6 Å². The van der Waals surface area contributed by atoms with E-state index in [4.69, 9.17) is 4.42 Å². The molecule has 0 saturated heterocycles.